The Bertz CT molecular complexity index is 418. The van der Waals surface area contributed by atoms with Gasteiger partial charge in [-0.05, 0) is 11.4 Å². The van der Waals surface area contributed by atoms with Gasteiger partial charge in [-0.3, -0.25) is 0 Å². The molecule has 2 aromatic rings. The summed E-state index contributed by atoms with van der Waals surface area (Å²) < 4.78 is 0. The monoisotopic (exact) mass is 202 g/mol. The fraction of sp³-hybridized carbons (Fsp3) is 0. The third-order valence-electron chi connectivity index (χ3n) is 1.93. The van der Waals surface area contributed by atoms with Crippen LogP contribution in [0.4, 0.5) is 0 Å². The summed E-state index contributed by atoms with van der Waals surface area (Å²) >= 11 is 1.64. The smallest absolute Gasteiger partial charge is 0.107 e. The molecule has 1 aromatic carbocycles. The fourth-order valence-electron chi connectivity index (χ4n) is 1.29. The molecule has 0 bridgehead atoms. The van der Waals surface area contributed by atoms with E-state index in [0.29, 0.717) is 0 Å². The highest BCUT2D eigenvalue weighted by atomic mass is 32.1. The lowest BCUT2D eigenvalue weighted by molar-refractivity contribution is 1.25. The molecule has 0 saturated carbocycles. The van der Waals surface area contributed by atoms with E-state index in [4.69, 9.17) is 5.84 Å². The normalized spacial score (nSPS) is 11.6. The summed E-state index contributed by atoms with van der Waals surface area (Å²) in [6.45, 7) is 0. The number of hydrazone groups is 1. The van der Waals surface area contributed by atoms with E-state index < -0.39 is 0 Å². The van der Waals surface area contributed by atoms with E-state index in [9.17, 15) is 0 Å². The van der Waals surface area contributed by atoms with Gasteiger partial charge in [0.2, 0.25) is 0 Å². The summed E-state index contributed by atoms with van der Waals surface area (Å²) in [5.74, 6) is 5.39. The number of nitrogens with zero attached hydrogens (tertiary/aromatic N) is 1. The summed E-state index contributed by atoms with van der Waals surface area (Å²) in [7, 11) is 0. The van der Waals surface area contributed by atoms with Crippen LogP contribution in [0.15, 0.2) is 52.9 Å². The largest absolute Gasteiger partial charge is 0.323 e. The van der Waals surface area contributed by atoms with Crippen LogP contribution in [0.25, 0.3) is 0 Å². The van der Waals surface area contributed by atoms with Crippen molar-refractivity contribution in [2.45, 2.75) is 0 Å². The van der Waals surface area contributed by atoms with Crippen molar-refractivity contribution in [1.82, 2.24) is 0 Å². The van der Waals surface area contributed by atoms with Gasteiger partial charge in [0.25, 0.3) is 0 Å². The Morgan fingerprint density at radius 3 is 2.43 bits per heavy atom. The van der Waals surface area contributed by atoms with E-state index in [0.717, 1.165) is 16.2 Å². The molecule has 0 atom stereocenters. The number of nitrogens with two attached hydrogens (primary N) is 1. The van der Waals surface area contributed by atoms with Gasteiger partial charge < -0.3 is 5.84 Å². The number of benzene rings is 1. The van der Waals surface area contributed by atoms with Crippen molar-refractivity contribution in [2.75, 3.05) is 0 Å². The molecule has 0 aliphatic rings. The zero-order chi connectivity index (χ0) is 9.80. The maximum atomic E-state index is 5.39. The average Bonchev–Trinajstić information content (AvgIpc) is 2.74. The van der Waals surface area contributed by atoms with Gasteiger partial charge in [-0.1, -0.05) is 36.4 Å². The summed E-state index contributed by atoms with van der Waals surface area (Å²) in [4.78, 5) is 1.10. The van der Waals surface area contributed by atoms with E-state index in [2.05, 4.69) is 5.10 Å². The topological polar surface area (TPSA) is 38.4 Å². The van der Waals surface area contributed by atoms with Gasteiger partial charge in [-0.25, -0.2) is 0 Å². The number of hydrogen-bond donors (Lipinski definition) is 1. The van der Waals surface area contributed by atoms with Gasteiger partial charge in [0.15, 0.2) is 0 Å². The SMILES string of the molecule is NN=C(c1ccccc1)c1cccs1. The van der Waals surface area contributed by atoms with Crippen LogP contribution >= 0.6 is 11.3 Å². The van der Waals surface area contributed by atoms with Crippen LogP contribution in [0.1, 0.15) is 10.4 Å². The molecule has 0 spiro atoms. The minimum absolute atomic E-state index is 0.848. The molecule has 0 saturated heterocycles. The van der Waals surface area contributed by atoms with E-state index in [1.54, 1.807) is 11.3 Å². The minimum Gasteiger partial charge on any atom is -0.323 e. The standard InChI is InChI=1S/C11H10N2S/c12-13-11(10-7-4-8-14-10)9-5-2-1-3-6-9/h1-8H,12H2. The van der Waals surface area contributed by atoms with Crippen molar-refractivity contribution < 1.29 is 0 Å². The second kappa shape index (κ2) is 4.07. The molecule has 2 nitrogen and oxygen atoms in total. The van der Waals surface area contributed by atoms with Gasteiger partial charge in [-0.2, -0.15) is 5.10 Å². The lowest BCUT2D eigenvalue weighted by atomic mass is 10.1. The number of hydrogen-bond acceptors (Lipinski definition) is 3. The van der Waals surface area contributed by atoms with E-state index in [-0.39, 0.29) is 0 Å². The van der Waals surface area contributed by atoms with E-state index in [1.165, 1.54) is 0 Å². The Hall–Kier alpha value is -1.61. The van der Waals surface area contributed by atoms with Gasteiger partial charge in [0, 0.05) is 5.56 Å². The van der Waals surface area contributed by atoms with Crippen LogP contribution in [0, 0.1) is 0 Å². The highest BCUT2D eigenvalue weighted by molar-refractivity contribution is 7.12. The number of rotatable bonds is 2. The third-order valence-corrected chi connectivity index (χ3v) is 2.81. The second-order valence-electron chi connectivity index (χ2n) is 2.82. The predicted octanol–water partition coefficient (Wildman–Crippen LogP) is 2.46. The molecular weight excluding hydrogens is 192 g/mol. The van der Waals surface area contributed by atoms with Gasteiger partial charge in [-0.15, -0.1) is 11.3 Å². The summed E-state index contributed by atoms with van der Waals surface area (Å²) in [6.07, 6.45) is 0. The summed E-state index contributed by atoms with van der Waals surface area (Å²) in [6, 6.07) is 14.0. The molecule has 0 fully saturated rings. The van der Waals surface area contributed by atoms with Crippen LogP contribution in [-0.4, -0.2) is 5.71 Å². The molecule has 14 heavy (non-hydrogen) atoms. The molecule has 3 heteroatoms. The fourth-order valence-corrected chi connectivity index (χ4v) is 2.03. The van der Waals surface area contributed by atoms with Crippen molar-refractivity contribution in [3.8, 4) is 0 Å². The molecule has 0 amide bonds. The van der Waals surface area contributed by atoms with Crippen LogP contribution in [-0.2, 0) is 0 Å². The Morgan fingerprint density at radius 2 is 1.86 bits per heavy atom. The first kappa shape index (κ1) is 8.97. The highest BCUT2D eigenvalue weighted by Gasteiger charge is 2.06. The molecule has 70 valence electrons. The van der Waals surface area contributed by atoms with Crippen molar-refractivity contribution >= 4 is 17.0 Å². The average molecular weight is 202 g/mol. The molecule has 2 rings (SSSR count). The van der Waals surface area contributed by atoms with Crippen LogP contribution in [0.3, 0.4) is 0 Å². The van der Waals surface area contributed by atoms with Crippen LogP contribution < -0.4 is 5.84 Å². The molecule has 2 N–H and O–H groups in total. The van der Waals surface area contributed by atoms with Gasteiger partial charge in [0.1, 0.15) is 5.71 Å². The Morgan fingerprint density at radius 1 is 1.07 bits per heavy atom. The zero-order valence-electron chi connectivity index (χ0n) is 7.55. The molecular formula is C11H10N2S. The van der Waals surface area contributed by atoms with E-state index >= 15 is 0 Å². The van der Waals surface area contributed by atoms with E-state index in [1.807, 2.05) is 47.8 Å². The maximum absolute atomic E-state index is 5.39. The first-order valence-electron chi connectivity index (χ1n) is 4.29. The van der Waals surface area contributed by atoms with Crippen molar-refractivity contribution in [1.29, 1.82) is 0 Å². The Balaban J connectivity index is 2.43. The lowest BCUT2D eigenvalue weighted by Crippen LogP contribution is -2.03. The molecule has 0 radical (unpaired) electrons. The molecule has 0 aliphatic carbocycles. The quantitative estimate of drug-likeness (QED) is 0.453. The predicted molar refractivity (Wildman–Crippen MR) is 60.6 cm³/mol. The maximum Gasteiger partial charge on any atom is 0.107 e. The van der Waals surface area contributed by atoms with Crippen molar-refractivity contribution in [3.63, 3.8) is 0 Å². The highest BCUT2D eigenvalue weighted by Crippen LogP contribution is 2.15. The third kappa shape index (κ3) is 1.67. The van der Waals surface area contributed by atoms with Crippen LogP contribution in [0.5, 0.6) is 0 Å². The molecule has 0 unspecified atom stereocenters. The van der Waals surface area contributed by atoms with Crippen molar-refractivity contribution in [3.05, 3.63) is 58.3 Å². The minimum atomic E-state index is 0.848. The zero-order valence-corrected chi connectivity index (χ0v) is 8.37. The first-order chi connectivity index (χ1) is 6.92. The molecule has 1 aromatic heterocycles. The number of thiophene rings is 1. The summed E-state index contributed by atoms with van der Waals surface area (Å²) in [5, 5.41) is 5.85. The second-order valence-corrected chi connectivity index (χ2v) is 3.77. The molecule has 0 aliphatic heterocycles. The Labute approximate surface area is 86.7 Å². The first-order valence-corrected chi connectivity index (χ1v) is 5.17. The van der Waals surface area contributed by atoms with Crippen molar-refractivity contribution in [2.24, 2.45) is 10.9 Å². The van der Waals surface area contributed by atoms with Gasteiger partial charge >= 0.3 is 0 Å². The van der Waals surface area contributed by atoms with Crippen LogP contribution in [0.2, 0.25) is 0 Å². The Kier molecular flexibility index (Phi) is 2.60. The van der Waals surface area contributed by atoms with Gasteiger partial charge in [0.05, 0.1) is 4.88 Å². The molecule has 1 heterocycles. The summed E-state index contributed by atoms with van der Waals surface area (Å²) in [5.41, 5.74) is 1.90. The lowest BCUT2D eigenvalue weighted by Gasteiger charge is -2.01.